The molecule has 1 amide bonds. The van der Waals surface area contributed by atoms with E-state index in [1.165, 1.54) is 12.8 Å². The number of hydrogen-bond acceptors (Lipinski definition) is 3. The monoisotopic (exact) mass is 221 g/mol. The van der Waals surface area contributed by atoms with Crippen LogP contribution in [-0.2, 0) is 0 Å². The number of hydrogen-bond donors (Lipinski definition) is 1. The number of rotatable bonds is 5. The maximum atomic E-state index is 11.2. The Morgan fingerprint density at radius 1 is 1.50 bits per heavy atom. The van der Waals surface area contributed by atoms with Gasteiger partial charge in [0.25, 0.3) is 5.91 Å². The van der Waals surface area contributed by atoms with Gasteiger partial charge in [0.1, 0.15) is 11.5 Å². The summed E-state index contributed by atoms with van der Waals surface area (Å²) in [7, 11) is 1.55. The van der Waals surface area contributed by atoms with E-state index < -0.39 is 5.91 Å². The molecule has 0 bridgehead atoms. The van der Waals surface area contributed by atoms with Gasteiger partial charge in [-0.2, -0.15) is 0 Å². The van der Waals surface area contributed by atoms with Crippen LogP contribution in [0.25, 0.3) is 0 Å². The summed E-state index contributed by atoms with van der Waals surface area (Å²) in [6.07, 6.45) is 2.42. The van der Waals surface area contributed by atoms with Gasteiger partial charge in [-0.25, -0.2) is 0 Å². The van der Waals surface area contributed by atoms with Gasteiger partial charge in [0.2, 0.25) is 0 Å². The van der Waals surface area contributed by atoms with E-state index in [0.717, 1.165) is 0 Å². The third-order valence-corrected chi connectivity index (χ3v) is 2.62. The Bertz CT molecular complexity index is 399. The molecule has 1 aliphatic carbocycles. The molecule has 0 heterocycles. The Morgan fingerprint density at radius 2 is 2.25 bits per heavy atom. The molecule has 16 heavy (non-hydrogen) atoms. The first kappa shape index (κ1) is 10.8. The summed E-state index contributed by atoms with van der Waals surface area (Å²) < 4.78 is 10.6. The summed E-state index contributed by atoms with van der Waals surface area (Å²) in [5.74, 6) is 1.29. The minimum absolute atomic E-state index is 0.375. The van der Waals surface area contributed by atoms with Crippen LogP contribution in [0.2, 0.25) is 0 Å². The zero-order chi connectivity index (χ0) is 11.5. The Hall–Kier alpha value is -1.71. The van der Waals surface area contributed by atoms with Crippen molar-refractivity contribution in [3.05, 3.63) is 23.8 Å². The van der Waals surface area contributed by atoms with Crippen LogP contribution in [0.1, 0.15) is 23.2 Å². The molecular formula is C12H15NO3. The highest BCUT2D eigenvalue weighted by molar-refractivity contribution is 5.96. The molecule has 2 rings (SSSR count). The zero-order valence-corrected chi connectivity index (χ0v) is 9.23. The van der Waals surface area contributed by atoms with Crippen LogP contribution < -0.4 is 15.2 Å². The molecule has 0 atom stereocenters. The largest absolute Gasteiger partial charge is 0.497 e. The van der Waals surface area contributed by atoms with Crippen LogP contribution in [-0.4, -0.2) is 19.6 Å². The van der Waals surface area contributed by atoms with Crippen molar-refractivity contribution in [3.8, 4) is 11.5 Å². The fourth-order valence-electron chi connectivity index (χ4n) is 1.45. The molecule has 4 nitrogen and oxygen atoms in total. The number of carbonyl (C=O) groups is 1. The first-order valence-corrected chi connectivity index (χ1v) is 5.31. The predicted molar refractivity (Wildman–Crippen MR) is 59.7 cm³/mol. The number of benzene rings is 1. The SMILES string of the molecule is COc1ccc(OCC2CC2)c(C(N)=O)c1. The maximum Gasteiger partial charge on any atom is 0.252 e. The number of nitrogens with two attached hydrogens (primary N) is 1. The second-order valence-electron chi connectivity index (χ2n) is 3.98. The Kier molecular flexibility index (Phi) is 2.99. The van der Waals surface area contributed by atoms with E-state index in [1.807, 2.05) is 0 Å². The molecule has 1 aromatic carbocycles. The van der Waals surface area contributed by atoms with E-state index in [9.17, 15) is 4.79 Å². The molecule has 0 spiro atoms. The molecule has 0 saturated heterocycles. The standard InChI is InChI=1S/C12H15NO3/c1-15-9-4-5-11(10(6-9)12(13)14)16-7-8-2-3-8/h4-6,8H,2-3,7H2,1H3,(H2,13,14). The fourth-order valence-corrected chi connectivity index (χ4v) is 1.45. The highest BCUT2D eigenvalue weighted by atomic mass is 16.5. The minimum atomic E-state index is -0.496. The van der Waals surface area contributed by atoms with Crippen LogP contribution in [0.3, 0.4) is 0 Å². The average molecular weight is 221 g/mol. The normalized spacial score (nSPS) is 14.6. The van der Waals surface area contributed by atoms with Gasteiger partial charge in [-0.15, -0.1) is 0 Å². The lowest BCUT2D eigenvalue weighted by Crippen LogP contribution is -2.14. The van der Waals surface area contributed by atoms with Gasteiger partial charge in [0.15, 0.2) is 0 Å². The first-order valence-electron chi connectivity index (χ1n) is 5.31. The van der Waals surface area contributed by atoms with Crippen LogP contribution >= 0.6 is 0 Å². The van der Waals surface area contributed by atoms with Crippen molar-refractivity contribution in [3.63, 3.8) is 0 Å². The van der Waals surface area contributed by atoms with Crippen LogP contribution in [0.4, 0.5) is 0 Å². The molecule has 2 N–H and O–H groups in total. The van der Waals surface area contributed by atoms with E-state index in [0.29, 0.717) is 29.6 Å². The number of primary amides is 1. The topological polar surface area (TPSA) is 61.6 Å². The molecule has 1 saturated carbocycles. The van der Waals surface area contributed by atoms with Gasteiger partial charge in [-0.3, -0.25) is 4.79 Å². The van der Waals surface area contributed by atoms with Crippen molar-refractivity contribution in [1.29, 1.82) is 0 Å². The van der Waals surface area contributed by atoms with Gasteiger partial charge in [-0.1, -0.05) is 0 Å². The molecule has 0 radical (unpaired) electrons. The van der Waals surface area contributed by atoms with Gasteiger partial charge in [0, 0.05) is 0 Å². The van der Waals surface area contributed by atoms with Crippen LogP contribution in [0.5, 0.6) is 11.5 Å². The van der Waals surface area contributed by atoms with Crippen molar-refractivity contribution >= 4 is 5.91 Å². The highest BCUT2D eigenvalue weighted by Gasteiger charge is 2.22. The van der Waals surface area contributed by atoms with Crippen LogP contribution in [0.15, 0.2) is 18.2 Å². The van der Waals surface area contributed by atoms with E-state index in [4.69, 9.17) is 15.2 Å². The van der Waals surface area contributed by atoms with Crippen molar-refractivity contribution in [2.75, 3.05) is 13.7 Å². The lowest BCUT2D eigenvalue weighted by Gasteiger charge is -2.10. The third-order valence-electron chi connectivity index (χ3n) is 2.62. The molecule has 0 aliphatic heterocycles. The predicted octanol–water partition coefficient (Wildman–Crippen LogP) is 1.58. The summed E-state index contributed by atoms with van der Waals surface area (Å²) in [5.41, 5.74) is 5.66. The number of amides is 1. The summed E-state index contributed by atoms with van der Waals surface area (Å²) in [6, 6.07) is 5.08. The van der Waals surface area contributed by atoms with Crippen LogP contribution in [0, 0.1) is 5.92 Å². The number of methoxy groups -OCH3 is 1. The highest BCUT2D eigenvalue weighted by Crippen LogP contribution is 2.31. The van der Waals surface area contributed by atoms with Gasteiger partial charge < -0.3 is 15.2 Å². The van der Waals surface area contributed by atoms with E-state index in [2.05, 4.69) is 0 Å². The van der Waals surface area contributed by atoms with Crippen molar-refractivity contribution < 1.29 is 14.3 Å². The van der Waals surface area contributed by atoms with Gasteiger partial charge in [0.05, 0.1) is 19.3 Å². The fraction of sp³-hybridized carbons (Fsp3) is 0.417. The third kappa shape index (κ3) is 2.45. The zero-order valence-electron chi connectivity index (χ0n) is 9.23. The molecule has 1 aromatic rings. The van der Waals surface area contributed by atoms with Gasteiger partial charge >= 0.3 is 0 Å². The minimum Gasteiger partial charge on any atom is -0.497 e. The number of carbonyl (C=O) groups excluding carboxylic acids is 1. The Balaban J connectivity index is 2.16. The number of ether oxygens (including phenoxy) is 2. The lowest BCUT2D eigenvalue weighted by molar-refractivity contribution is 0.0995. The van der Waals surface area contributed by atoms with E-state index in [1.54, 1.807) is 25.3 Å². The first-order chi connectivity index (χ1) is 7.70. The van der Waals surface area contributed by atoms with E-state index in [-0.39, 0.29) is 0 Å². The van der Waals surface area contributed by atoms with Crippen molar-refractivity contribution in [2.24, 2.45) is 11.7 Å². The molecule has 86 valence electrons. The van der Waals surface area contributed by atoms with Gasteiger partial charge in [-0.05, 0) is 37.0 Å². The molecule has 0 unspecified atom stereocenters. The lowest BCUT2D eigenvalue weighted by atomic mass is 10.2. The Labute approximate surface area is 94.3 Å². The Morgan fingerprint density at radius 3 is 2.81 bits per heavy atom. The smallest absolute Gasteiger partial charge is 0.252 e. The van der Waals surface area contributed by atoms with Crippen molar-refractivity contribution in [2.45, 2.75) is 12.8 Å². The summed E-state index contributed by atoms with van der Waals surface area (Å²) in [4.78, 5) is 11.2. The average Bonchev–Trinajstić information content (AvgIpc) is 3.09. The summed E-state index contributed by atoms with van der Waals surface area (Å²) in [5, 5.41) is 0. The van der Waals surface area contributed by atoms with Crippen molar-refractivity contribution in [1.82, 2.24) is 0 Å². The molecule has 4 heteroatoms. The second kappa shape index (κ2) is 4.43. The quantitative estimate of drug-likeness (QED) is 0.821. The molecule has 1 fully saturated rings. The second-order valence-corrected chi connectivity index (χ2v) is 3.98. The molecular weight excluding hydrogens is 206 g/mol. The summed E-state index contributed by atoms with van der Waals surface area (Å²) >= 11 is 0. The van der Waals surface area contributed by atoms with E-state index >= 15 is 0 Å². The maximum absolute atomic E-state index is 11.2. The molecule has 0 aromatic heterocycles. The summed E-state index contributed by atoms with van der Waals surface area (Å²) in [6.45, 7) is 0.659. The molecule has 1 aliphatic rings.